The zero-order valence-electron chi connectivity index (χ0n) is 10.6. The van der Waals surface area contributed by atoms with Crippen molar-refractivity contribution in [1.29, 1.82) is 0 Å². The molecule has 1 fully saturated rings. The van der Waals surface area contributed by atoms with Gasteiger partial charge in [0.2, 0.25) is 0 Å². The molecule has 7 heteroatoms. The Kier molecular flexibility index (Phi) is 3.53. The fourth-order valence-electron chi connectivity index (χ4n) is 1.96. The zero-order valence-corrected chi connectivity index (χ0v) is 12.2. The lowest BCUT2D eigenvalue weighted by Crippen LogP contribution is -2.57. The molecule has 1 aliphatic heterocycles. The Morgan fingerprint density at radius 3 is 2.67 bits per heavy atom. The number of nitrogens with zero attached hydrogens (tertiary/aromatic N) is 3. The summed E-state index contributed by atoms with van der Waals surface area (Å²) in [4.78, 5) is 19.6. The molecule has 1 aromatic heterocycles. The van der Waals surface area contributed by atoms with E-state index in [4.69, 9.17) is 16.7 Å². The molecule has 1 aromatic rings. The number of likely N-dealkylation sites (N-methyl/N-ethyl adjacent to an activating group) is 1. The molecule has 0 radical (unpaired) electrons. The molecule has 1 saturated heterocycles. The van der Waals surface area contributed by atoms with Gasteiger partial charge in [0.1, 0.15) is 0 Å². The highest BCUT2D eigenvalue weighted by atomic mass is 35.5. The highest BCUT2D eigenvalue weighted by Crippen LogP contribution is 2.32. The van der Waals surface area contributed by atoms with Crippen LogP contribution in [0.2, 0.25) is 5.15 Å². The first-order valence-corrected chi connectivity index (χ1v) is 6.86. The summed E-state index contributed by atoms with van der Waals surface area (Å²) in [6.45, 7) is 6.89. The van der Waals surface area contributed by atoms with Crippen LogP contribution in [0.25, 0.3) is 0 Å². The summed E-state index contributed by atoms with van der Waals surface area (Å²) in [5.41, 5.74) is 0.0415. The number of hydrogen-bond acceptors (Lipinski definition) is 5. The summed E-state index contributed by atoms with van der Waals surface area (Å²) in [6, 6.07) is 0. The van der Waals surface area contributed by atoms with E-state index < -0.39 is 5.97 Å². The van der Waals surface area contributed by atoms with Crippen LogP contribution in [0, 0.1) is 0 Å². The van der Waals surface area contributed by atoms with E-state index in [1.807, 2.05) is 0 Å². The van der Waals surface area contributed by atoms with E-state index in [9.17, 15) is 4.79 Å². The Morgan fingerprint density at radius 2 is 2.17 bits per heavy atom. The molecule has 0 unspecified atom stereocenters. The molecule has 2 heterocycles. The molecule has 0 aromatic carbocycles. The number of rotatable bonds is 2. The highest BCUT2D eigenvalue weighted by molar-refractivity contribution is 7.18. The normalized spacial score (nSPS) is 20.1. The van der Waals surface area contributed by atoms with E-state index >= 15 is 0 Å². The number of aromatic carboxylic acids is 1. The van der Waals surface area contributed by atoms with Crippen LogP contribution in [-0.2, 0) is 0 Å². The van der Waals surface area contributed by atoms with Gasteiger partial charge in [-0.1, -0.05) is 22.9 Å². The van der Waals surface area contributed by atoms with E-state index in [0.717, 1.165) is 31.0 Å². The molecular weight excluding hydrogens is 274 g/mol. The van der Waals surface area contributed by atoms with Gasteiger partial charge < -0.3 is 10.0 Å². The van der Waals surface area contributed by atoms with Crippen LogP contribution in [0.3, 0.4) is 0 Å². The van der Waals surface area contributed by atoms with Crippen LogP contribution in [-0.4, -0.2) is 53.2 Å². The van der Waals surface area contributed by atoms with Crippen LogP contribution in [0.15, 0.2) is 0 Å². The third kappa shape index (κ3) is 2.46. The number of aromatic nitrogens is 1. The van der Waals surface area contributed by atoms with Crippen molar-refractivity contribution >= 4 is 34.0 Å². The second-order valence-corrected chi connectivity index (χ2v) is 6.41. The van der Waals surface area contributed by atoms with Gasteiger partial charge in [0.05, 0.1) is 0 Å². The molecule has 0 spiro atoms. The number of piperazine rings is 1. The van der Waals surface area contributed by atoms with E-state index in [-0.39, 0.29) is 15.6 Å². The number of halogens is 1. The predicted octanol–water partition coefficient (Wildman–Crippen LogP) is 2.03. The van der Waals surface area contributed by atoms with Crippen molar-refractivity contribution in [1.82, 2.24) is 9.88 Å². The van der Waals surface area contributed by atoms with Crippen molar-refractivity contribution in [2.45, 2.75) is 19.4 Å². The van der Waals surface area contributed by atoms with E-state index in [1.165, 1.54) is 0 Å². The standard InChI is InChI=1S/C11H16ClN3O2S/c1-11(2)6-15(5-4-14(11)3)10-13-8(12)7(18-10)9(16)17/h4-6H2,1-3H3,(H,16,17). The van der Waals surface area contributed by atoms with Crippen molar-refractivity contribution in [2.24, 2.45) is 0 Å². The van der Waals surface area contributed by atoms with Gasteiger partial charge in [0, 0.05) is 25.2 Å². The maximum absolute atomic E-state index is 11.0. The fraction of sp³-hybridized carbons (Fsp3) is 0.636. The quantitative estimate of drug-likeness (QED) is 0.903. The first kappa shape index (κ1) is 13.6. The lowest BCUT2D eigenvalue weighted by Gasteiger charge is -2.45. The Labute approximate surface area is 115 Å². The van der Waals surface area contributed by atoms with Crippen LogP contribution in [0.4, 0.5) is 5.13 Å². The van der Waals surface area contributed by atoms with Crippen molar-refractivity contribution < 1.29 is 9.90 Å². The summed E-state index contributed by atoms with van der Waals surface area (Å²) in [5.74, 6) is -1.02. The molecule has 0 saturated carbocycles. The van der Waals surface area contributed by atoms with E-state index in [2.05, 4.69) is 35.7 Å². The Bertz CT molecular complexity index is 475. The van der Waals surface area contributed by atoms with Gasteiger partial charge in [-0.2, -0.15) is 0 Å². The Hall–Kier alpha value is -0.850. The maximum Gasteiger partial charge on any atom is 0.349 e. The molecule has 1 aliphatic rings. The number of carboxylic acids is 1. The summed E-state index contributed by atoms with van der Waals surface area (Å²) < 4.78 is 0. The largest absolute Gasteiger partial charge is 0.477 e. The summed E-state index contributed by atoms with van der Waals surface area (Å²) >= 11 is 6.98. The average Bonchev–Trinajstić information content (AvgIpc) is 2.64. The van der Waals surface area contributed by atoms with Gasteiger partial charge in [-0.15, -0.1) is 0 Å². The van der Waals surface area contributed by atoms with Crippen molar-refractivity contribution in [3.05, 3.63) is 10.0 Å². The molecule has 2 rings (SSSR count). The topological polar surface area (TPSA) is 56.7 Å². The number of carboxylic acid groups (broad SMARTS) is 1. The van der Waals surface area contributed by atoms with Gasteiger partial charge in [-0.05, 0) is 20.9 Å². The zero-order chi connectivity index (χ0) is 13.5. The summed E-state index contributed by atoms with van der Waals surface area (Å²) in [5, 5.41) is 9.76. The second-order valence-electron chi connectivity index (χ2n) is 5.08. The molecule has 100 valence electrons. The first-order chi connectivity index (χ1) is 8.31. The number of anilines is 1. The SMILES string of the molecule is CN1CCN(c2nc(Cl)c(C(=O)O)s2)CC1(C)C. The van der Waals surface area contributed by atoms with Crippen molar-refractivity contribution in [3.63, 3.8) is 0 Å². The smallest absolute Gasteiger partial charge is 0.349 e. The summed E-state index contributed by atoms with van der Waals surface area (Å²) in [6.07, 6.45) is 0. The number of carbonyl (C=O) groups is 1. The van der Waals surface area contributed by atoms with Crippen LogP contribution in [0.5, 0.6) is 0 Å². The van der Waals surface area contributed by atoms with Crippen molar-refractivity contribution in [3.8, 4) is 0 Å². The lowest BCUT2D eigenvalue weighted by atomic mass is 10.0. The monoisotopic (exact) mass is 289 g/mol. The van der Waals surface area contributed by atoms with Gasteiger partial charge in [0.15, 0.2) is 15.2 Å². The predicted molar refractivity (Wildman–Crippen MR) is 73.0 cm³/mol. The minimum atomic E-state index is -1.02. The number of thiazole rings is 1. The fourth-order valence-corrected chi connectivity index (χ4v) is 3.11. The second kappa shape index (κ2) is 4.68. The molecule has 0 atom stereocenters. The van der Waals surface area contributed by atoms with Crippen LogP contribution >= 0.6 is 22.9 Å². The van der Waals surface area contributed by atoms with E-state index in [0.29, 0.717) is 5.13 Å². The maximum atomic E-state index is 11.0. The molecule has 18 heavy (non-hydrogen) atoms. The number of hydrogen-bond donors (Lipinski definition) is 1. The Balaban J connectivity index is 2.23. The lowest BCUT2D eigenvalue weighted by molar-refractivity contribution is 0.0702. The Morgan fingerprint density at radius 1 is 1.50 bits per heavy atom. The molecule has 5 nitrogen and oxygen atoms in total. The van der Waals surface area contributed by atoms with E-state index in [1.54, 1.807) is 0 Å². The van der Waals surface area contributed by atoms with Gasteiger partial charge >= 0.3 is 5.97 Å². The minimum absolute atomic E-state index is 0.0415. The molecular formula is C11H16ClN3O2S. The van der Waals surface area contributed by atoms with Crippen LogP contribution in [0.1, 0.15) is 23.5 Å². The summed E-state index contributed by atoms with van der Waals surface area (Å²) in [7, 11) is 2.09. The average molecular weight is 290 g/mol. The molecule has 0 aliphatic carbocycles. The van der Waals surface area contributed by atoms with Crippen LogP contribution < -0.4 is 4.90 Å². The highest BCUT2D eigenvalue weighted by Gasteiger charge is 2.33. The molecule has 1 N–H and O–H groups in total. The van der Waals surface area contributed by atoms with Gasteiger partial charge in [0.25, 0.3) is 0 Å². The van der Waals surface area contributed by atoms with Gasteiger partial charge in [-0.25, -0.2) is 9.78 Å². The van der Waals surface area contributed by atoms with Crippen molar-refractivity contribution in [2.75, 3.05) is 31.6 Å². The third-order valence-corrected chi connectivity index (χ3v) is 4.85. The minimum Gasteiger partial charge on any atom is -0.477 e. The first-order valence-electron chi connectivity index (χ1n) is 5.67. The molecule has 0 bridgehead atoms. The molecule has 0 amide bonds. The third-order valence-electron chi connectivity index (χ3n) is 3.36. The van der Waals surface area contributed by atoms with Gasteiger partial charge in [-0.3, -0.25) is 4.90 Å².